The number of benzene rings is 2. The lowest BCUT2D eigenvalue weighted by atomic mass is 10.2. The molecule has 0 unspecified atom stereocenters. The van der Waals surface area contributed by atoms with E-state index < -0.39 is 0 Å². The number of nitrogens with zero attached hydrogens (tertiary/aromatic N) is 4. The molecule has 3 aromatic rings. The molecule has 0 aliphatic rings. The molecule has 2 aromatic carbocycles. The Kier molecular flexibility index (Phi) is 7.08. The molecule has 1 aromatic heterocycles. The molecule has 0 fully saturated rings. The standard InChI is InChI=1S/C21H24N4O2S/c1-4-12-27-20-18(6-5-7-19(20)26-3)13-23-25-15-22-24-21(25)28-14-17-10-8-16(2)9-11-17/h5-11,13,15H,4,12,14H2,1-3H3/b23-13+. The fourth-order valence-electron chi connectivity index (χ4n) is 2.50. The Labute approximate surface area is 169 Å². The van der Waals surface area contributed by atoms with Crippen molar-refractivity contribution in [1.29, 1.82) is 0 Å². The molecular weight excluding hydrogens is 372 g/mol. The summed E-state index contributed by atoms with van der Waals surface area (Å²) in [7, 11) is 1.63. The van der Waals surface area contributed by atoms with Gasteiger partial charge >= 0.3 is 0 Å². The van der Waals surface area contributed by atoms with Gasteiger partial charge in [-0.3, -0.25) is 0 Å². The third-order valence-corrected chi connectivity index (χ3v) is 4.99. The van der Waals surface area contributed by atoms with Crippen LogP contribution >= 0.6 is 11.8 Å². The summed E-state index contributed by atoms with van der Waals surface area (Å²) in [5.74, 6) is 2.19. The van der Waals surface area contributed by atoms with Crippen molar-refractivity contribution in [1.82, 2.24) is 14.9 Å². The van der Waals surface area contributed by atoms with E-state index >= 15 is 0 Å². The molecule has 7 heteroatoms. The van der Waals surface area contributed by atoms with Crippen molar-refractivity contribution < 1.29 is 9.47 Å². The number of ether oxygens (including phenoxy) is 2. The Morgan fingerprint density at radius 2 is 2.00 bits per heavy atom. The van der Waals surface area contributed by atoms with Crippen LogP contribution in [0, 0.1) is 6.92 Å². The summed E-state index contributed by atoms with van der Waals surface area (Å²) in [6.07, 6.45) is 4.26. The van der Waals surface area contributed by atoms with Crippen LogP contribution in [-0.4, -0.2) is 34.8 Å². The van der Waals surface area contributed by atoms with E-state index in [1.54, 1.807) is 36.1 Å². The van der Waals surface area contributed by atoms with Crippen LogP contribution in [0.1, 0.15) is 30.0 Å². The minimum Gasteiger partial charge on any atom is -0.493 e. The summed E-state index contributed by atoms with van der Waals surface area (Å²) in [4.78, 5) is 0. The van der Waals surface area contributed by atoms with Crippen molar-refractivity contribution in [3.05, 3.63) is 65.5 Å². The first kappa shape index (κ1) is 19.9. The third-order valence-electron chi connectivity index (χ3n) is 3.99. The molecule has 0 bridgehead atoms. The van der Waals surface area contributed by atoms with Crippen LogP contribution in [0.2, 0.25) is 0 Å². The first-order valence-corrected chi connectivity index (χ1v) is 10.1. The maximum absolute atomic E-state index is 5.86. The second-order valence-electron chi connectivity index (χ2n) is 6.20. The average molecular weight is 397 g/mol. The van der Waals surface area contributed by atoms with Gasteiger partial charge in [-0.15, -0.1) is 10.2 Å². The quantitative estimate of drug-likeness (QED) is 0.392. The molecule has 0 radical (unpaired) electrons. The van der Waals surface area contributed by atoms with Crippen molar-refractivity contribution in [2.75, 3.05) is 13.7 Å². The maximum atomic E-state index is 5.86. The fourth-order valence-corrected chi connectivity index (χ4v) is 3.32. The molecule has 0 atom stereocenters. The summed E-state index contributed by atoms with van der Waals surface area (Å²) >= 11 is 1.59. The molecule has 0 aliphatic carbocycles. The molecule has 1 heterocycles. The van der Waals surface area contributed by atoms with Crippen LogP contribution in [0.25, 0.3) is 0 Å². The third kappa shape index (κ3) is 5.13. The van der Waals surface area contributed by atoms with Crippen LogP contribution in [0.15, 0.2) is 59.0 Å². The predicted molar refractivity (Wildman–Crippen MR) is 113 cm³/mol. The topological polar surface area (TPSA) is 61.5 Å². The number of para-hydroxylation sites is 1. The molecule has 146 valence electrons. The number of hydrogen-bond acceptors (Lipinski definition) is 6. The van der Waals surface area contributed by atoms with Crippen molar-refractivity contribution >= 4 is 18.0 Å². The zero-order valence-corrected chi connectivity index (χ0v) is 17.1. The number of aromatic nitrogens is 3. The van der Waals surface area contributed by atoms with Gasteiger partial charge in [-0.05, 0) is 31.0 Å². The van der Waals surface area contributed by atoms with Crippen LogP contribution < -0.4 is 9.47 Å². The average Bonchev–Trinajstić information content (AvgIpc) is 3.17. The van der Waals surface area contributed by atoms with Gasteiger partial charge in [0.25, 0.3) is 0 Å². The second kappa shape index (κ2) is 9.94. The highest BCUT2D eigenvalue weighted by Crippen LogP contribution is 2.30. The van der Waals surface area contributed by atoms with Crippen molar-refractivity contribution in [3.8, 4) is 11.5 Å². The van der Waals surface area contributed by atoms with Gasteiger partial charge in [-0.2, -0.15) is 9.78 Å². The monoisotopic (exact) mass is 396 g/mol. The largest absolute Gasteiger partial charge is 0.493 e. The van der Waals surface area contributed by atoms with Gasteiger partial charge in [0.1, 0.15) is 6.33 Å². The maximum Gasteiger partial charge on any atom is 0.212 e. The minimum absolute atomic E-state index is 0.617. The van der Waals surface area contributed by atoms with E-state index in [9.17, 15) is 0 Å². The molecule has 28 heavy (non-hydrogen) atoms. The highest BCUT2D eigenvalue weighted by atomic mass is 32.2. The van der Waals surface area contributed by atoms with E-state index in [0.717, 1.165) is 22.9 Å². The van der Waals surface area contributed by atoms with Crippen LogP contribution in [0.5, 0.6) is 11.5 Å². The molecule has 0 saturated heterocycles. The number of rotatable bonds is 9. The summed E-state index contributed by atoms with van der Waals surface area (Å²) in [6, 6.07) is 14.2. The molecule has 3 rings (SSSR count). The molecule has 0 N–H and O–H groups in total. The van der Waals surface area contributed by atoms with Crippen LogP contribution in [-0.2, 0) is 5.75 Å². The van der Waals surface area contributed by atoms with E-state index in [1.807, 2.05) is 18.2 Å². The highest BCUT2D eigenvalue weighted by molar-refractivity contribution is 7.98. The second-order valence-corrected chi connectivity index (χ2v) is 7.15. The first-order chi connectivity index (χ1) is 13.7. The molecule has 0 spiro atoms. The molecule has 6 nitrogen and oxygen atoms in total. The summed E-state index contributed by atoms with van der Waals surface area (Å²) in [5, 5.41) is 13.4. The lowest BCUT2D eigenvalue weighted by molar-refractivity contribution is 0.294. The smallest absolute Gasteiger partial charge is 0.212 e. The lowest BCUT2D eigenvalue weighted by Gasteiger charge is -2.12. The van der Waals surface area contributed by atoms with E-state index in [-0.39, 0.29) is 0 Å². The van der Waals surface area contributed by atoms with Gasteiger partial charge in [0.05, 0.1) is 19.9 Å². The molecule has 0 aliphatic heterocycles. The van der Waals surface area contributed by atoms with Gasteiger partial charge in [-0.1, -0.05) is 54.6 Å². The predicted octanol–water partition coefficient (Wildman–Crippen LogP) is 4.56. The summed E-state index contributed by atoms with van der Waals surface area (Å²) in [5.41, 5.74) is 3.33. The van der Waals surface area contributed by atoms with Crippen molar-refractivity contribution in [2.24, 2.45) is 5.10 Å². The molecule has 0 saturated carbocycles. The van der Waals surface area contributed by atoms with E-state index in [1.165, 1.54) is 11.1 Å². The molecular formula is C21H24N4O2S. The summed E-state index contributed by atoms with van der Waals surface area (Å²) < 4.78 is 12.9. The zero-order valence-electron chi connectivity index (χ0n) is 16.3. The Balaban J connectivity index is 1.75. The fraction of sp³-hybridized carbons (Fsp3) is 0.286. The van der Waals surface area contributed by atoms with Gasteiger partial charge in [0.2, 0.25) is 5.16 Å². The first-order valence-electron chi connectivity index (χ1n) is 9.13. The van der Waals surface area contributed by atoms with Crippen LogP contribution in [0.3, 0.4) is 0 Å². The van der Waals surface area contributed by atoms with E-state index in [2.05, 4.69) is 53.4 Å². The minimum atomic E-state index is 0.617. The van der Waals surface area contributed by atoms with Gasteiger partial charge in [0, 0.05) is 11.3 Å². The Morgan fingerprint density at radius 3 is 2.75 bits per heavy atom. The normalized spacial score (nSPS) is 11.1. The number of aryl methyl sites for hydroxylation is 1. The number of hydrogen-bond donors (Lipinski definition) is 0. The van der Waals surface area contributed by atoms with Gasteiger partial charge in [0.15, 0.2) is 11.5 Å². The van der Waals surface area contributed by atoms with Crippen molar-refractivity contribution in [3.63, 3.8) is 0 Å². The SMILES string of the molecule is CCCOc1c(/C=N/n2cnnc2SCc2ccc(C)cc2)cccc1OC. The van der Waals surface area contributed by atoms with Crippen molar-refractivity contribution in [2.45, 2.75) is 31.2 Å². The molecule has 0 amide bonds. The Bertz CT molecular complexity index is 922. The number of thioether (sulfide) groups is 1. The number of methoxy groups -OCH3 is 1. The van der Waals surface area contributed by atoms with Crippen LogP contribution in [0.4, 0.5) is 0 Å². The zero-order chi connectivity index (χ0) is 19.8. The van der Waals surface area contributed by atoms with Gasteiger partial charge in [-0.25, -0.2) is 0 Å². The van der Waals surface area contributed by atoms with Gasteiger partial charge < -0.3 is 9.47 Å². The summed E-state index contributed by atoms with van der Waals surface area (Å²) in [6.45, 7) is 4.77. The van der Waals surface area contributed by atoms with E-state index in [4.69, 9.17) is 9.47 Å². The lowest BCUT2D eigenvalue weighted by Crippen LogP contribution is -2.02. The Morgan fingerprint density at radius 1 is 1.18 bits per heavy atom. The Hall–Kier alpha value is -2.80. The highest BCUT2D eigenvalue weighted by Gasteiger charge is 2.10. The van der Waals surface area contributed by atoms with E-state index in [0.29, 0.717) is 18.1 Å².